The highest BCUT2D eigenvalue weighted by Gasteiger charge is 1.95. The summed E-state index contributed by atoms with van der Waals surface area (Å²) in [6, 6.07) is 0.416. The number of ether oxygens (including phenoxy) is 1. The minimum absolute atomic E-state index is 0.416. The second-order valence-corrected chi connectivity index (χ2v) is 2.16. The smallest absolute Gasteiger partial charge is 0.319 e. The summed E-state index contributed by atoms with van der Waals surface area (Å²) < 4.78 is 5.17. The van der Waals surface area contributed by atoms with Gasteiger partial charge >= 0.3 is 6.01 Å². The Labute approximate surface area is 65.7 Å². The Hall–Kier alpha value is -1.19. The average molecular weight is 153 g/mol. The van der Waals surface area contributed by atoms with E-state index in [0.29, 0.717) is 18.4 Å². The fraction of sp³-hybridized carbons (Fsp3) is 0.571. The second-order valence-electron chi connectivity index (χ2n) is 2.16. The van der Waals surface area contributed by atoms with Crippen molar-refractivity contribution in [2.24, 2.45) is 0 Å². The molecule has 1 aromatic heterocycles. The number of hydrogen-bond acceptors (Lipinski definition) is 4. The minimum atomic E-state index is 0.416. The number of rotatable bonds is 3. The predicted octanol–water partition coefficient (Wildman–Crippen LogP) is 0.969. The first kappa shape index (κ1) is 7.91. The van der Waals surface area contributed by atoms with Gasteiger partial charge in [-0.3, -0.25) is 0 Å². The van der Waals surface area contributed by atoms with Gasteiger partial charge < -0.3 is 4.74 Å². The molecule has 4 nitrogen and oxygen atoms in total. The highest BCUT2D eigenvalue weighted by atomic mass is 16.5. The number of aromatic nitrogens is 3. The van der Waals surface area contributed by atoms with Gasteiger partial charge in [-0.2, -0.15) is 9.97 Å². The first-order chi connectivity index (χ1) is 5.33. The molecule has 0 aliphatic rings. The van der Waals surface area contributed by atoms with Crippen molar-refractivity contribution in [2.45, 2.75) is 20.3 Å². The monoisotopic (exact) mass is 153 g/mol. The molecule has 0 aliphatic heterocycles. The molecule has 0 saturated carbocycles. The van der Waals surface area contributed by atoms with Crippen molar-refractivity contribution < 1.29 is 4.74 Å². The van der Waals surface area contributed by atoms with Crippen LogP contribution in [0.25, 0.3) is 0 Å². The molecule has 60 valence electrons. The number of aryl methyl sites for hydroxylation is 1. The van der Waals surface area contributed by atoms with E-state index in [0.717, 1.165) is 6.42 Å². The molecule has 1 heterocycles. The number of nitrogens with zero attached hydrogens (tertiary/aromatic N) is 3. The van der Waals surface area contributed by atoms with Crippen LogP contribution < -0.4 is 4.74 Å². The lowest BCUT2D eigenvalue weighted by Crippen LogP contribution is -2.01. The molecule has 0 aromatic carbocycles. The van der Waals surface area contributed by atoms with Gasteiger partial charge in [0.1, 0.15) is 12.2 Å². The summed E-state index contributed by atoms with van der Waals surface area (Å²) in [5, 5.41) is 0. The molecule has 0 N–H and O–H groups in total. The van der Waals surface area contributed by atoms with Crippen LogP contribution in [0.1, 0.15) is 19.2 Å². The van der Waals surface area contributed by atoms with Gasteiger partial charge in [0, 0.05) is 0 Å². The van der Waals surface area contributed by atoms with Crippen LogP contribution in [-0.4, -0.2) is 21.6 Å². The maximum absolute atomic E-state index is 5.17. The molecule has 0 saturated heterocycles. The Kier molecular flexibility index (Phi) is 2.77. The number of hydrogen-bond donors (Lipinski definition) is 0. The topological polar surface area (TPSA) is 47.9 Å². The van der Waals surface area contributed by atoms with Gasteiger partial charge in [0.15, 0.2) is 0 Å². The van der Waals surface area contributed by atoms with Gasteiger partial charge in [-0.15, -0.1) is 0 Å². The van der Waals surface area contributed by atoms with E-state index in [1.165, 1.54) is 6.33 Å². The van der Waals surface area contributed by atoms with Crippen LogP contribution in [0.15, 0.2) is 6.33 Å². The fourth-order valence-electron chi connectivity index (χ4n) is 0.621. The third kappa shape index (κ3) is 2.49. The summed E-state index contributed by atoms with van der Waals surface area (Å²) >= 11 is 0. The zero-order valence-electron chi connectivity index (χ0n) is 6.74. The first-order valence-electron chi connectivity index (χ1n) is 3.61. The van der Waals surface area contributed by atoms with E-state index in [-0.39, 0.29) is 0 Å². The van der Waals surface area contributed by atoms with E-state index in [2.05, 4.69) is 15.0 Å². The van der Waals surface area contributed by atoms with Gasteiger partial charge in [0.05, 0.1) is 6.61 Å². The van der Waals surface area contributed by atoms with Crippen LogP contribution in [0.5, 0.6) is 6.01 Å². The van der Waals surface area contributed by atoms with Crippen molar-refractivity contribution >= 4 is 0 Å². The Morgan fingerprint density at radius 1 is 1.45 bits per heavy atom. The van der Waals surface area contributed by atoms with E-state index < -0.39 is 0 Å². The maximum atomic E-state index is 5.17. The molecular weight excluding hydrogens is 142 g/mol. The third-order valence-corrected chi connectivity index (χ3v) is 1.11. The lowest BCUT2D eigenvalue weighted by molar-refractivity contribution is 0.290. The first-order valence-corrected chi connectivity index (χ1v) is 3.61. The Bertz CT molecular complexity index is 227. The van der Waals surface area contributed by atoms with Crippen molar-refractivity contribution in [3.05, 3.63) is 12.2 Å². The summed E-state index contributed by atoms with van der Waals surface area (Å²) in [5.74, 6) is 0.686. The van der Waals surface area contributed by atoms with Crippen molar-refractivity contribution in [1.29, 1.82) is 0 Å². The highest BCUT2D eigenvalue weighted by Crippen LogP contribution is 1.98. The quantitative estimate of drug-likeness (QED) is 0.649. The molecule has 11 heavy (non-hydrogen) atoms. The molecule has 0 radical (unpaired) electrons. The summed E-state index contributed by atoms with van der Waals surface area (Å²) in [5.41, 5.74) is 0. The van der Waals surface area contributed by atoms with Gasteiger partial charge in [0.2, 0.25) is 0 Å². The van der Waals surface area contributed by atoms with Crippen LogP contribution >= 0.6 is 0 Å². The molecule has 1 aromatic rings. The largest absolute Gasteiger partial charge is 0.463 e. The summed E-state index contributed by atoms with van der Waals surface area (Å²) in [7, 11) is 0. The van der Waals surface area contributed by atoms with Crippen LogP contribution in [0.4, 0.5) is 0 Å². The van der Waals surface area contributed by atoms with Gasteiger partial charge in [-0.25, -0.2) is 4.98 Å². The molecule has 0 atom stereocenters. The zero-order valence-corrected chi connectivity index (χ0v) is 6.74. The predicted molar refractivity (Wildman–Crippen MR) is 40.4 cm³/mol. The molecule has 0 amide bonds. The van der Waals surface area contributed by atoms with Crippen molar-refractivity contribution in [2.75, 3.05) is 6.61 Å². The second kappa shape index (κ2) is 3.85. The highest BCUT2D eigenvalue weighted by molar-refractivity contribution is 4.92. The van der Waals surface area contributed by atoms with Crippen LogP contribution in [0.2, 0.25) is 0 Å². The Balaban J connectivity index is 2.56. The summed E-state index contributed by atoms with van der Waals surface area (Å²) in [6.07, 6.45) is 2.41. The molecule has 0 aliphatic carbocycles. The summed E-state index contributed by atoms with van der Waals surface area (Å²) in [4.78, 5) is 11.6. The van der Waals surface area contributed by atoms with Crippen LogP contribution in [-0.2, 0) is 0 Å². The third-order valence-electron chi connectivity index (χ3n) is 1.11. The molecule has 0 bridgehead atoms. The standard InChI is InChI=1S/C7H11N3O/c1-3-4-11-7-9-5-8-6(2)10-7/h5H,3-4H2,1-2H3. The molecular formula is C7H11N3O. The maximum Gasteiger partial charge on any atom is 0.319 e. The van der Waals surface area contributed by atoms with Crippen molar-refractivity contribution in [3.63, 3.8) is 0 Å². The normalized spacial score (nSPS) is 9.64. The Morgan fingerprint density at radius 2 is 2.27 bits per heavy atom. The van der Waals surface area contributed by atoms with Gasteiger partial charge in [0.25, 0.3) is 0 Å². The average Bonchev–Trinajstić information content (AvgIpc) is 2.01. The Morgan fingerprint density at radius 3 is 2.91 bits per heavy atom. The zero-order chi connectivity index (χ0) is 8.10. The lowest BCUT2D eigenvalue weighted by atomic mass is 10.5. The van der Waals surface area contributed by atoms with E-state index in [1.807, 2.05) is 6.92 Å². The van der Waals surface area contributed by atoms with Gasteiger partial charge in [-0.05, 0) is 13.3 Å². The molecule has 0 fully saturated rings. The summed E-state index contributed by atoms with van der Waals surface area (Å²) in [6.45, 7) is 4.50. The van der Waals surface area contributed by atoms with E-state index in [1.54, 1.807) is 6.92 Å². The van der Waals surface area contributed by atoms with E-state index in [9.17, 15) is 0 Å². The van der Waals surface area contributed by atoms with Crippen LogP contribution in [0, 0.1) is 6.92 Å². The fourth-order valence-corrected chi connectivity index (χ4v) is 0.621. The lowest BCUT2D eigenvalue weighted by Gasteiger charge is -2.00. The van der Waals surface area contributed by atoms with E-state index >= 15 is 0 Å². The molecule has 0 unspecified atom stereocenters. The van der Waals surface area contributed by atoms with Gasteiger partial charge in [-0.1, -0.05) is 6.92 Å². The van der Waals surface area contributed by atoms with Crippen molar-refractivity contribution in [3.8, 4) is 6.01 Å². The molecule has 1 rings (SSSR count). The SMILES string of the molecule is CCCOc1ncnc(C)n1. The molecule has 0 spiro atoms. The van der Waals surface area contributed by atoms with Crippen molar-refractivity contribution in [1.82, 2.24) is 15.0 Å². The van der Waals surface area contributed by atoms with E-state index in [4.69, 9.17) is 4.74 Å². The minimum Gasteiger partial charge on any atom is -0.463 e. The van der Waals surface area contributed by atoms with Crippen LogP contribution in [0.3, 0.4) is 0 Å². The molecule has 4 heteroatoms.